The van der Waals surface area contributed by atoms with E-state index >= 15 is 0 Å². The summed E-state index contributed by atoms with van der Waals surface area (Å²) in [5, 5.41) is 7.13. The van der Waals surface area contributed by atoms with E-state index in [9.17, 15) is 4.79 Å². The summed E-state index contributed by atoms with van der Waals surface area (Å²) in [5.74, 6) is -0.449. The highest BCUT2D eigenvalue weighted by Gasteiger charge is 2.07. The van der Waals surface area contributed by atoms with Crippen LogP contribution in [-0.2, 0) is 9.63 Å². The Morgan fingerprint density at radius 3 is 2.67 bits per heavy atom. The van der Waals surface area contributed by atoms with Crippen LogP contribution < -0.4 is 11.1 Å². The molecule has 0 saturated carbocycles. The predicted octanol–water partition coefficient (Wildman–Crippen LogP) is -0.188. The van der Waals surface area contributed by atoms with E-state index in [0.29, 0.717) is 0 Å². The molecular weight excluding hydrogens is 178 g/mol. The van der Waals surface area contributed by atoms with E-state index < -0.39 is 5.97 Å². The first-order chi connectivity index (χ1) is 5.61. The Morgan fingerprint density at radius 2 is 2.33 bits per heavy atom. The van der Waals surface area contributed by atoms with Crippen molar-refractivity contribution in [1.82, 2.24) is 5.32 Å². The molecule has 5 nitrogen and oxygen atoms in total. The summed E-state index contributed by atoms with van der Waals surface area (Å²) in [4.78, 5) is 15.3. The largest absolute Gasteiger partial charge is 0.385 e. The van der Waals surface area contributed by atoms with Crippen LogP contribution in [0.15, 0.2) is 16.3 Å². The lowest BCUT2D eigenvalue weighted by atomic mass is 10.5. The first-order valence-corrected chi connectivity index (χ1v) is 3.67. The maximum atomic E-state index is 10.9. The molecular formula is C6H11N3O2S. The molecule has 0 aliphatic rings. The lowest BCUT2D eigenvalue weighted by molar-refractivity contribution is -0.139. The van der Waals surface area contributed by atoms with Gasteiger partial charge in [0.05, 0.1) is 0 Å². The minimum Gasteiger partial charge on any atom is -0.385 e. The Kier molecular flexibility index (Phi) is 4.94. The zero-order valence-corrected chi connectivity index (χ0v) is 7.76. The quantitative estimate of drug-likeness (QED) is 0.144. The van der Waals surface area contributed by atoms with E-state index in [1.807, 2.05) is 0 Å². The fraction of sp³-hybridized carbons (Fsp3) is 0.333. The summed E-state index contributed by atoms with van der Waals surface area (Å²) < 4.78 is 0. The van der Waals surface area contributed by atoms with Crippen LogP contribution in [0, 0.1) is 0 Å². The topological polar surface area (TPSA) is 76.7 Å². The second-order valence-corrected chi connectivity index (χ2v) is 2.16. The van der Waals surface area contributed by atoms with Crippen LogP contribution >= 0.6 is 12.6 Å². The number of carbonyl (C=O) groups is 1. The molecule has 0 atom stereocenters. The molecule has 0 rings (SSSR count). The fourth-order valence-electron chi connectivity index (χ4n) is 0.382. The Labute approximate surface area is 76.0 Å². The van der Waals surface area contributed by atoms with Crippen molar-refractivity contribution in [3.05, 3.63) is 11.1 Å². The predicted molar refractivity (Wildman–Crippen MR) is 49.5 cm³/mol. The Morgan fingerprint density at radius 1 is 1.75 bits per heavy atom. The zero-order chi connectivity index (χ0) is 9.56. The number of nitrogens with zero attached hydrogens (tertiary/aromatic N) is 1. The fourth-order valence-corrected chi connectivity index (χ4v) is 0.616. The van der Waals surface area contributed by atoms with Gasteiger partial charge in [-0.15, -0.1) is 12.6 Å². The van der Waals surface area contributed by atoms with Gasteiger partial charge in [-0.2, -0.15) is 0 Å². The molecule has 0 radical (unpaired) electrons. The summed E-state index contributed by atoms with van der Waals surface area (Å²) in [5.41, 5.74) is 5.35. The van der Waals surface area contributed by atoms with Crippen molar-refractivity contribution in [3.63, 3.8) is 0 Å². The summed E-state index contributed by atoms with van der Waals surface area (Å²) in [6.45, 7) is 1.51. The minimum absolute atomic E-state index is 0.179. The molecule has 0 aromatic heterocycles. The highest BCUT2D eigenvalue weighted by molar-refractivity contribution is 7.83. The average molecular weight is 189 g/mol. The average Bonchev–Trinajstić information content (AvgIpc) is 2.03. The van der Waals surface area contributed by atoms with Crippen molar-refractivity contribution < 1.29 is 9.63 Å². The molecule has 0 bridgehead atoms. The summed E-state index contributed by atoms with van der Waals surface area (Å²) >= 11 is 3.77. The lowest BCUT2D eigenvalue weighted by Gasteiger charge is -2.00. The van der Waals surface area contributed by atoms with E-state index in [1.165, 1.54) is 12.3 Å². The molecule has 0 spiro atoms. The molecule has 0 aromatic carbocycles. The van der Waals surface area contributed by atoms with Gasteiger partial charge < -0.3 is 15.9 Å². The first-order valence-electron chi connectivity index (χ1n) is 3.15. The Bertz CT molecular complexity index is 221. The number of hydrogen-bond acceptors (Lipinski definition) is 5. The lowest BCUT2D eigenvalue weighted by Crippen LogP contribution is -2.18. The number of carbonyl (C=O) groups excluding carboxylic acids is 1. The number of thiol groups is 1. The third-order valence-corrected chi connectivity index (χ3v) is 1.15. The molecule has 0 unspecified atom stereocenters. The number of oxime groups is 1. The van der Waals surface area contributed by atoms with E-state index in [1.54, 1.807) is 7.05 Å². The standard InChI is InChI=1S/C6H11N3O2S/c1-4(7)9-11-6(10)5(3-12)8-2/h3,8,12H,1-2H3,(H2,7,9)/b5-3-. The van der Waals surface area contributed by atoms with Gasteiger partial charge in [0.1, 0.15) is 11.5 Å². The number of nitrogens with two attached hydrogens (primary N) is 1. The molecule has 0 aromatic rings. The smallest absolute Gasteiger partial charge is 0.382 e. The number of nitrogens with one attached hydrogen (secondary N) is 1. The van der Waals surface area contributed by atoms with E-state index in [0.717, 1.165) is 0 Å². The van der Waals surface area contributed by atoms with Crippen molar-refractivity contribution in [2.24, 2.45) is 10.9 Å². The van der Waals surface area contributed by atoms with Crippen molar-refractivity contribution >= 4 is 24.4 Å². The van der Waals surface area contributed by atoms with Gasteiger partial charge in [-0.25, -0.2) is 4.79 Å². The highest BCUT2D eigenvalue weighted by atomic mass is 32.1. The zero-order valence-electron chi connectivity index (χ0n) is 6.87. The summed E-state index contributed by atoms with van der Waals surface area (Å²) in [6, 6.07) is 0. The van der Waals surface area contributed by atoms with Crippen LogP contribution in [0.5, 0.6) is 0 Å². The molecule has 3 N–H and O–H groups in total. The molecule has 0 amide bonds. The van der Waals surface area contributed by atoms with Crippen LogP contribution in [0.4, 0.5) is 0 Å². The number of hydrogen-bond donors (Lipinski definition) is 3. The number of amidine groups is 1. The third kappa shape index (κ3) is 3.87. The number of rotatable bonds is 3. The molecule has 0 saturated heterocycles. The third-order valence-electron chi connectivity index (χ3n) is 0.891. The van der Waals surface area contributed by atoms with Gasteiger partial charge in [-0.05, 0) is 12.3 Å². The van der Waals surface area contributed by atoms with E-state index in [-0.39, 0.29) is 11.5 Å². The molecule has 12 heavy (non-hydrogen) atoms. The van der Waals surface area contributed by atoms with E-state index in [2.05, 4.69) is 27.9 Å². The van der Waals surface area contributed by atoms with Crippen molar-refractivity contribution in [2.75, 3.05) is 7.05 Å². The SMILES string of the molecule is CN/C(=C\S)C(=O)O/N=C(/C)N. The minimum atomic E-state index is -0.627. The van der Waals surface area contributed by atoms with Gasteiger partial charge in [0.25, 0.3) is 0 Å². The summed E-state index contributed by atoms with van der Waals surface area (Å²) in [7, 11) is 1.57. The normalized spacial score (nSPS) is 12.6. The van der Waals surface area contributed by atoms with Crippen LogP contribution in [0.1, 0.15) is 6.92 Å². The van der Waals surface area contributed by atoms with Gasteiger partial charge in [-0.1, -0.05) is 5.16 Å². The van der Waals surface area contributed by atoms with E-state index in [4.69, 9.17) is 5.73 Å². The maximum Gasteiger partial charge on any atom is 0.382 e. The van der Waals surface area contributed by atoms with Crippen LogP contribution in [0.2, 0.25) is 0 Å². The first kappa shape index (κ1) is 10.8. The monoisotopic (exact) mass is 189 g/mol. The van der Waals surface area contributed by atoms with Crippen molar-refractivity contribution in [2.45, 2.75) is 6.92 Å². The highest BCUT2D eigenvalue weighted by Crippen LogP contribution is 1.95. The van der Waals surface area contributed by atoms with Gasteiger partial charge in [0.15, 0.2) is 0 Å². The van der Waals surface area contributed by atoms with Crippen molar-refractivity contribution in [1.29, 1.82) is 0 Å². The molecule has 0 aliphatic heterocycles. The van der Waals surface area contributed by atoms with Crippen molar-refractivity contribution in [3.8, 4) is 0 Å². The van der Waals surface area contributed by atoms with Gasteiger partial charge in [0.2, 0.25) is 0 Å². The molecule has 68 valence electrons. The maximum absolute atomic E-state index is 10.9. The molecule has 0 heterocycles. The van der Waals surface area contributed by atoms with Gasteiger partial charge >= 0.3 is 5.97 Å². The Balaban J connectivity index is 4.13. The van der Waals surface area contributed by atoms with Crippen LogP contribution in [-0.4, -0.2) is 18.9 Å². The molecule has 0 aliphatic carbocycles. The van der Waals surface area contributed by atoms with Crippen LogP contribution in [0.3, 0.4) is 0 Å². The number of likely N-dealkylation sites (N-methyl/N-ethyl adjacent to an activating group) is 1. The second kappa shape index (κ2) is 5.48. The van der Waals surface area contributed by atoms with Crippen LogP contribution in [0.25, 0.3) is 0 Å². The summed E-state index contributed by atoms with van der Waals surface area (Å²) in [6.07, 6.45) is 0. The molecule has 0 fully saturated rings. The Hall–Kier alpha value is -1.17. The second-order valence-electron chi connectivity index (χ2n) is 1.90. The van der Waals surface area contributed by atoms with Gasteiger partial charge in [0, 0.05) is 7.05 Å². The van der Waals surface area contributed by atoms with Gasteiger partial charge in [-0.3, -0.25) is 0 Å². The molecule has 6 heteroatoms.